The minimum absolute atomic E-state index is 0.00898. The summed E-state index contributed by atoms with van der Waals surface area (Å²) in [4.78, 5) is 14.6. The molecule has 0 bridgehead atoms. The van der Waals surface area contributed by atoms with Crippen LogP contribution >= 0.6 is 0 Å². The Labute approximate surface area is 145 Å². The number of ether oxygens (including phenoxy) is 1. The monoisotopic (exact) mass is 333 g/mol. The SMILES string of the molecule is Cc1ccc(C(C)C)cc1OC(C)C(=O)N1CCCC(C(C)O)C1. The number of hydrogen-bond donors (Lipinski definition) is 1. The highest BCUT2D eigenvalue weighted by Crippen LogP contribution is 2.26. The van der Waals surface area contributed by atoms with Gasteiger partial charge in [0.15, 0.2) is 6.10 Å². The Bertz CT molecular complexity index is 568. The second-order valence-corrected chi connectivity index (χ2v) is 7.37. The van der Waals surface area contributed by atoms with E-state index in [0.717, 1.165) is 30.7 Å². The Morgan fingerprint density at radius 2 is 2.00 bits per heavy atom. The number of aliphatic hydroxyl groups is 1. The van der Waals surface area contributed by atoms with Gasteiger partial charge in [-0.05, 0) is 56.7 Å². The fraction of sp³-hybridized carbons (Fsp3) is 0.650. The smallest absolute Gasteiger partial charge is 0.263 e. The van der Waals surface area contributed by atoms with E-state index >= 15 is 0 Å². The third kappa shape index (κ3) is 4.50. The van der Waals surface area contributed by atoms with Crippen molar-refractivity contribution in [3.63, 3.8) is 0 Å². The van der Waals surface area contributed by atoms with Gasteiger partial charge in [0.1, 0.15) is 5.75 Å². The largest absolute Gasteiger partial charge is 0.481 e. The number of carbonyl (C=O) groups excluding carboxylic acids is 1. The molecule has 1 aromatic rings. The molecule has 1 heterocycles. The molecule has 0 saturated carbocycles. The molecule has 24 heavy (non-hydrogen) atoms. The standard InChI is InChI=1S/C20H31NO3/c1-13(2)17-9-8-14(3)19(11-17)24-16(5)20(23)21-10-6-7-18(12-21)15(4)22/h8-9,11,13,15-16,18,22H,6-7,10,12H2,1-5H3. The van der Waals surface area contributed by atoms with Gasteiger partial charge in [-0.3, -0.25) is 4.79 Å². The van der Waals surface area contributed by atoms with Crippen LogP contribution in [0.1, 0.15) is 57.6 Å². The third-order valence-electron chi connectivity index (χ3n) is 4.98. The molecule has 4 nitrogen and oxygen atoms in total. The fourth-order valence-corrected chi connectivity index (χ4v) is 3.20. The van der Waals surface area contributed by atoms with Crippen LogP contribution in [0.3, 0.4) is 0 Å². The number of carbonyl (C=O) groups is 1. The topological polar surface area (TPSA) is 49.8 Å². The maximum absolute atomic E-state index is 12.7. The average molecular weight is 333 g/mol. The number of piperidine rings is 1. The van der Waals surface area contributed by atoms with Gasteiger partial charge in [-0.15, -0.1) is 0 Å². The highest BCUT2D eigenvalue weighted by Gasteiger charge is 2.29. The number of hydrogen-bond acceptors (Lipinski definition) is 3. The molecular formula is C20H31NO3. The summed E-state index contributed by atoms with van der Waals surface area (Å²) in [6, 6.07) is 6.20. The zero-order valence-corrected chi connectivity index (χ0v) is 15.6. The summed E-state index contributed by atoms with van der Waals surface area (Å²) in [6.45, 7) is 11.3. The number of amides is 1. The third-order valence-corrected chi connectivity index (χ3v) is 4.98. The number of rotatable bonds is 5. The van der Waals surface area contributed by atoms with Crippen LogP contribution in [0.4, 0.5) is 0 Å². The molecule has 0 aromatic heterocycles. The molecule has 1 fully saturated rings. The predicted octanol–water partition coefficient (Wildman–Crippen LogP) is 3.51. The van der Waals surface area contributed by atoms with Gasteiger partial charge < -0.3 is 14.7 Å². The van der Waals surface area contributed by atoms with Crippen LogP contribution in [0.15, 0.2) is 18.2 Å². The number of benzene rings is 1. The molecule has 3 atom stereocenters. The Kier molecular flexibility index (Phi) is 6.27. The van der Waals surface area contributed by atoms with E-state index in [2.05, 4.69) is 19.9 Å². The summed E-state index contributed by atoms with van der Waals surface area (Å²) >= 11 is 0. The first-order chi connectivity index (χ1) is 11.3. The van der Waals surface area contributed by atoms with Gasteiger partial charge in [-0.25, -0.2) is 0 Å². The van der Waals surface area contributed by atoms with Crippen LogP contribution < -0.4 is 4.74 Å². The highest BCUT2D eigenvalue weighted by atomic mass is 16.5. The van der Waals surface area contributed by atoms with Gasteiger partial charge in [0.05, 0.1) is 6.10 Å². The lowest BCUT2D eigenvalue weighted by molar-refractivity contribution is -0.140. The number of aryl methyl sites for hydroxylation is 1. The van der Waals surface area contributed by atoms with Crippen LogP contribution in [0.2, 0.25) is 0 Å². The van der Waals surface area contributed by atoms with Crippen LogP contribution in [-0.2, 0) is 4.79 Å². The second kappa shape index (κ2) is 8.02. The maximum atomic E-state index is 12.7. The lowest BCUT2D eigenvalue weighted by Gasteiger charge is -2.35. The molecule has 1 aromatic carbocycles. The van der Waals surface area contributed by atoms with Gasteiger partial charge in [-0.1, -0.05) is 26.0 Å². The van der Waals surface area contributed by atoms with E-state index in [9.17, 15) is 9.90 Å². The minimum Gasteiger partial charge on any atom is -0.481 e. The van der Waals surface area contributed by atoms with Crippen LogP contribution in [0.25, 0.3) is 0 Å². The number of nitrogens with zero attached hydrogens (tertiary/aromatic N) is 1. The zero-order chi connectivity index (χ0) is 17.9. The molecule has 3 unspecified atom stereocenters. The fourth-order valence-electron chi connectivity index (χ4n) is 3.20. The van der Waals surface area contributed by atoms with E-state index in [4.69, 9.17) is 4.74 Å². The lowest BCUT2D eigenvalue weighted by atomic mass is 9.93. The van der Waals surface area contributed by atoms with Crippen molar-refractivity contribution in [3.05, 3.63) is 29.3 Å². The average Bonchev–Trinajstić information content (AvgIpc) is 2.55. The van der Waals surface area contributed by atoms with Crippen molar-refractivity contribution in [2.45, 2.75) is 65.6 Å². The zero-order valence-electron chi connectivity index (χ0n) is 15.6. The highest BCUT2D eigenvalue weighted by molar-refractivity contribution is 5.81. The molecular weight excluding hydrogens is 302 g/mol. The Hall–Kier alpha value is -1.55. The summed E-state index contributed by atoms with van der Waals surface area (Å²) in [7, 11) is 0. The quantitative estimate of drug-likeness (QED) is 0.897. The number of likely N-dealkylation sites (tertiary alicyclic amines) is 1. The van der Waals surface area contributed by atoms with Crippen molar-refractivity contribution < 1.29 is 14.6 Å². The molecule has 0 aliphatic carbocycles. The van der Waals surface area contributed by atoms with Crippen molar-refractivity contribution in [1.82, 2.24) is 4.90 Å². The van der Waals surface area contributed by atoms with Gasteiger partial charge in [0, 0.05) is 19.0 Å². The van der Waals surface area contributed by atoms with E-state index in [1.807, 2.05) is 30.9 Å². The Morgan fingerprint density at radius 1 is 1.29 bits per heavy atom. The van der Waals surface area contributed by atoms with E-state index in [1.54, 1.807) is 6.92 Å². The van der Waals surface area contributed by atoms with E-state index < -0.39 is 6.10 Å². The first kappa shape index (κ1) is 18.8. The first-order valence-corrected chi connectivity index (χ1v) is 9.03. The molecule has 134 valence electrons. The van der Waals surface area contributed by atoms with Gasteiger partial charge in [0.2, 0.25) is 0 Å². The van der Waals surface area contributed by atoms with E-state index in [1.165, 1.54) is 5.56 Å². The van der Waals surface area contributed by atoms with Crippen LogP contribution in [0.5, 0.6) is 5.75 Å². The van der Waals surface area contributed by atoms with Gasteiger partial charge in [0.25, 0.3) is 5.91 Å². The van der Waals surface area contributed by atoms with Crippen LogP contribution in [0, 0.1) is 12.8 Å². The van der Waals surface area contributed by atoms with Crippen molar-refractivity contribution in [1.29, 1.82) is 0 Å². The van der Waals surface area contributed by atoms with Gasteiger partial charge in [-0.2, -0.15) is 0 Å². The van der Waals surface area contributed by atoms with Gasteiger partial charge >= 0.3 is 0 Å². The molecule has 1 N–H and O–H groups in total. The van der Waals surface area contributed by atoms with Crippen molar-refractivity contribution >= 4 is 5.91 Å². The van der Waals surface area contributed by atoms with E-state index in [0.29, 0.717) is 12.5 Å². The molecule has 2 rings (SSSR count). The van der Waals surface area contributed by atoms with Crippen molar-refractivity contribution in [3.8, 4) is 5.75 Å². The maximum Gasteiger partial charge on any atom is 0.263 e. The molecule has 1 aliphatic rings. The second-order valence-electron chi connectivity index (χ2n) is 7.37. The Balaban J connectivity index is 2.05. The van der Waals surface area contributed by atoms with Crippen molar-refractivity contribution in [2.75, 3.05) is 13.1 Å². The molecule has 1 amide bonds. The molecule has 0 spiro atoms. The summed E-state index contributed by atoms with van der Waals surface area (Å²) in [5, 5.41) is 9.80. The Morgan fingerprint density at radius 3 is 2.62 bits per heavy atom. The summed E-state index contributed by atoms with van der Waals surface area (Å²) < 4.78 is 5.99. The van der Waals surface area contributed by atoms with Crippen molar-refractivity contribution in [2.24, 2.45) is 5.92 Å². The first-order valence-electron chi connectivity index (χ1n) is 9.03. The normalized spacial score (nSPS) is 20.8. The lowest BCUT2D eigenvalue weighted by Crippen LogP contribution is -2.47. The molecule has 1 saturated heterocycles. The molecule has 0 radical (unpaired) electrons. The minimum atomic E-state index is -0.515. The molecule has 1 aliphatic heterocycles. The summed E-state index contributed by atoms with van der Waals surface area (Å²) in [6.07, 6.45) is 1.03. The number of aliphatic hydroxyl groups excluding tert-OH is 1. The van der Waals surface area contributed by atoms with E-state index in [-0.39, 0.29) is 17.9 Å². The summed E-state index contributed by atoms with van der Waals surface area (Å²) in [5.74, 6) is 1.38. The summed E-state index contributed by atoms with van der Waals surface area (Å²) in [5.41, 5.74) is 2.25. The molecule has 4 heteroatoms. The van der Waals surface area contributed by atoms with Crippen LogP contribution in [-0.4, -0.2) is 41.2 Å². The predicted molar refractivity (Wildman–Crippen MR) is 96.3 cm³/mol.